The maximum atomic E-state index is 4.76. The summed E-state index contributed by atoms with van der Waals surface area (Å²) in [6.07, 6.45) is 3.62. The quantitative estimate of drug-likeness (QED) is 0.855. The SMILES string of the molecule is CCCC(CC)NC(C)c1nc2ccccc2n1C. The van der Waals surface area contributed by atoms with Crippen molar-refractivity contribution in [3.63, 3.8) is 0 Å². The van der Waals surface area contributed by atoms with Gasteiger partial charge in [-0.25, -0.2) is 4.98 Å². The van der Waals surface area contributed by atoms with Crippen molar-refractivity contribution in [1.82, 2.24) is 14.9 Å². The van der Waals surface area contributed by atoms with Crippen LogP contribution in [0.4, 0.5) is 0 Å². The van der Waals surface area contributed by atoms with Crippen LogP contribution in [0.2, 0.25) is 0 Å². The van der Waals surface area contributed by atoms with Crippen molar-refractivity contribution in [1.29, 1.82) is 0 Å². The molecule has 3 heteroatoms. The maximum Gasteiger partial charge on any atom is 0.126 e. The van der Waals surface area contributed by atoms with Crippen LogP contribution < -0.4 is 5.32 Å². The fourth-order valence-electron chi connectivity index (χ4n) is 2.73. The molecule has 0 saturated heterocycles. The third kappa shape index (κ3) is 2.98. The number of para-hydroxylation sites is 2. The van der Waals surface area contributed by atoms with E-state index in [1.165, 1.54) is 24.8 Å². The van der Waals surface area contributed by atoms with Crippen LogP contribution in [0.3, 0.4) is 0 Å². The lowest BCUT2D eigenvalue weighted by Gasteiger charge is -2.21. The largest absolute Gasteiger partial charge is 0.330 e. The first-order valence-corrected chi connectivity index (χ1v) is 7.34. The molecule has 2 atom stereocenters. The highest BCUT2D eigenvalue weighted by Crippen LogP contribution is 2.20. The molecular formula is C16H25N3. The van der Waals surface area contributed by atoms with Gasteiger partial charge in [0.2, 0.25) is 0 Å². The van der Waals surface area contributed by atoms with E-state index in [2.05, 4.69) is 55.9 Å². The normalized spacial score (nSPS) is 14.7. The number of fused-ring (bicyclic) bond motifs is 1. The summed E-state index contributed by atoms with van der Waals surface area (Å²) in [6, 6.07) is 9.19. The molecule has 0 fully saturated rings. The fourth-order valence-corrected chi connectivity index (χ4v) is 2.73. The predicted molar refractivity (Wildman–Crippen MR) is 81.3 cm³/mol. The Morgan fingerprint density at radius 2 is 2.00 bits per heavy atom. The second-order valence-corrected chi connectivity index (χ2v) is 5.30. The summed E-state index contributed by atoms with van der Waals surface area (Å²) in [5.41, 5.74) is 2.28. The van der Waals surface area contributed by atoms with Gasteiger partial charge in [0.1, 0.15) is 5.82 Å². The zero-order valence-electron chi connectivity index (χ0n) is 12.5. The second kappa shape index (κ2) is 6.20. The van der Waals surface area contributed by atoms with Gasteiger partial charge in [-0.05, 0) is 31.9 Å². The first kappa shape index (κ1) is 14.1. The van der Waals surface area contributed by atoms with Gasteiger partial charge in [-0.3, -0.25) is 0 Å². The van der Waals surface area contributed by atoms with Crippen LogP contribution in [0.25, 0.3) is 11.0 Å². The van der Waals surface area contributed by atoms with Crippen molar-refractivity contribution in [2.75, 3.05) is 0 Å². The molecule has 0 aliphatic heterocycles. The van der Waals surface area contributed by atoms with Gasteiger partial charge < -0.3 is 9.88 Å². The molecule has 0 amide bonds. The van der Waals surface area contributed by atoms with Crippen LogP contribution in [-0.2, 0) is 7.05 Å². The third-order valence-corrected chi connectivity index (χ3v) is 3.82. The van der Waals surface area contributed by atoms with E-state index in [0.29, 0.717) is 6.04 Å². The molecule has 0 aliphatic rings. The van der Waals surface area contributed by atoms with Crippen molar-refractivity contribution < 1.29 is 0 Å². The lowest BCUT2D eigenvalue weighted by Crippen LogP contribution is -2.32. The number of hydrogen-bond acceptors (Lipinski definition) is 2. The summed E-state index contributed by atoms with van der Waals surface area (Å²) in [7, 11) is 2.10. The smallest absolute Gasteiger partial charge is 0.126 e. The first-order valence-electron chi connectivity index (χ1n) is 7.34. The molecule has 0 bridgehead atoms. The maximum absolute atomic E-state index is 4.76. The highest BCUT2D eigenvalue weighted by molar-refractivity contribution is 5.75. The predicted octanol–water partition coefficient (Wildman–Crippen LogP) is 3.80. The Kier molecular flexibility index (Phi) is 4.59. The Morgan fingerprint density at radius 1 is 1.26 bits per heavy atom. The number of nitrogens with zero attached hydrogens (tertiary/aromatic N) is 2. The van der Waals surface area contributed by atoms with Gasteiger partial charge in [0, 0.05) is 13.1 Å². The summed E-state index contributed by atoms with van der Waals surface area (Å²) in [6.45, 7) is 6.69. The molecule has 1 aromatic carbocycles. The Labute approximate surface area is 116 Å². The number of hydrogen-bond donors (Lipinski definition) is 1. The lowest BCUT2D eigenvalue weighted by atomic mass is 10.1. The molecule has 2 aromatic rings. The fraction of sp³-hybridized carbons (Fsp3) is 0.562. The minimum atomic E-state index is 0.286. The van der Waals surface area contributed by atoms with E-state index in [1.54, 1.807) is 0 Å². The number of aromatic nitrogens is 2. The molecule has 0 saturated carbocycles. The van der Waals surface area contributed by atoms with E-state index in [1.807, 2.05) is 6.07 Å². The molecule has 1 aromatic heterocycles. The summed E-state index contributed by atoms with van der Waals surface area (Å²) in [4.78, 5) is 4.76. The molecule has 2 rings (SSSR count). The van der Waals surface area contributed by atoms with Gasteiger partial charge in [0.05, 0.1) is 17.1 Å². The van der Waals surface area contributed by atoms with Crippen molar-refractivity contribution in [2.45, 2.75) is 52.1 Å². The molecule has 0 radical (unpaired) electrons. The van der Waals surface area contributed by atoms with Crippen LogP contribution in [0, 0.1) is 0 Å². The minimum Gasteiger partial charge on any atom is -0.330 e. The molecular weight excluding hydrogens is 234 g/mol. The van der Waals surface area contributed by atoms with Crippen molar-refractivity contribution in [2.24, 2.45) is 7.05 Å². The zero-order valence-corrected chi connectivity index (χ0v) is 12.5. The van der Waals surface area contributed by atoms with E-state index in [0.717, 1.165) is 11.3 Å². The molecule has 0 aliphatic carbocycles. The van der Waals surface area contributed by atoms with Crippen LogP contribution in [0.15, 0.2) is 24.3 Å². The molecule has 19 heavy (non-hydrogen) atoms. The second-order valence-electron chi connectivity index (χ2n) is 5.30. The van der Waals surface area contributed by atoms with Crippen molar-refractivity contribution >= 4 is 11.0 Å². The van der Waals surface area contributed by atoms with Crippen LogP contribution in [0.1, 0.15) is 51.9 Å². The average molecular weight is 259 g/mol. The Morgan fingerprint density at radius 3 is 2.63 bits per heavy atom. The van der Waals surface area contributed by atoms with Gasteiger partial charge in [0.15, 0.2) is 0 Å². The molecule has 2 unspecified atom stereocenters. The molecule has 0 spiro atoms. The van der Waals surface area contributed by atoms with Gasteiger partial charge in [0.25, 0.3) is 0 Å². The molecule has 1 heterocycles. The Hall–Kier alpha value is -1.35. The first-order chi connectivity index (χ1) is 9.17. The van der Waals surface area contributed by atoms with Crippen molar-refractivity contribution in [3.05, 3.63) is 30.1 Å². The highest BCUT2D eigenvalue weighted by Gasteiger charge is 2.16. The van der Waals surface area contributed by atoms with E-state index in [4.69, 9.17) is 4.98 Å². The summed E-state index contributed by atoms with van der Waals surface area (Å²) < 4.78 is 2.20. The molecule has 3 nitrogen and oxygen atoms in total. The summed E-state index contributed by atoms with van der Waals surface area (Å²) >= 11 is 0. The third-order valence-electron chi connectivity index (χ3n) is 3.82. The van der Waals surface area contributed by atoms with Gasteiger partial charge >= 0.3 is 0 Å². The van der Waals surface area contributed by atoms with Crippen molar-refractivity contribution in [3.8, 4) is 0 Å². The lowest BCUT2D eigenvalue weighted by molar-refractivity contribution is 0.403. The van der Waals surface area contributed by atoms with Gasteiger partial charge in [-0.2, -0.15) is 0 Å². The number of rotatable bonds is 6. The number of nitrogens with one attached hydrogen (secondary N) is 1. The van der Waals surface area contributed by atoms with E-state index in [-0.39, 0.29) is 6.04 Å². The summed E-state index contributed by atoms with van der Waals surface area (Å²) in [5.74, 6) is 1.12. The van der Waals surface area contributed by atoms with Crippen LogP contribution in [-0.4, -0.2) is 15.6 Å². The van der Waals surface area contributed by atoms with Gasteiger partial charge in [-0.1, -0.05) is 32.4 Å². The average Bonchev–Trinajstić information content (AvgIpc) is 2.76. The van der Waals surface area contributed by atoms with Gasteiger partial charge in [-0.15, -0.1) is 0 Å². The van der Waals surface area contributed by atoms with Crippen LogP contribution in [0.5, 0.6) is 0 Å². The standard InChI is InChI=1S/C16H25N3/c1-5-9-13(6-2)17-12(3)16-18-14-10-7-8-11-15(14)19(16)4/h7-8,10-13,17H,5-6,9H2,1-4H3. The monoisotopic (exact) mass is 259 g/mol. The Balaban J connectivity index is 2.21. The highest BCUT2D eigenvalue weighted by atomic mass is 15.1. The van der Waals surface area contributed by atoms with Crippen LogP contribution >= 0.6 is 0 Å². The molecule has 1 N–H and O–H groups in total. The van der Waals surface area contributed by atoms with E-state index < -0.39 is 0 Å². The zero-order chi connectivity index (χ0) is 13.8. The summed E-state index contributed by atoms with van der Waals surface area (Å²) in [5, 5.41) is 3.70. The minimum absolute atomic E-state index is 0.286. The number of aryl methyl sites for hydroxylation is 1. The number of imidazole rings is 1. The number of benzene rings is 1. The molecule has 104 valence electrons. The van der Waals surface area contributed by atoms with E-state index in [9.17, 15) is 0 Å². The Bertz CT molecular complexity index is 530. The topological polar surface area (TPSA) is 29.9 Å². The van der Waals surface area contributed by atoms with E-state index >= 15 is 0 Å².